The van der Waals surface area contributed by atoms with Gasteiger partial charge in [-0.3, -0.25) is 5.43 Å². The Labute approximate surface area is 122 Å². The Morgan fingerprint density at radius 1 is 1.20 bits per heavy atom. The number of hydrazone groups is 1. The summed E-state index contributed by atoms with van der Waals surface area (Å²) in [7, 11) is 0. The van der Waals surface area contributed by atoms with Crippen LogP contribution < -0.4 is 10.7 Å². The van der Waals surface area contributed by atoms with Crippen molar-refractivity contribution in [2.45, 2.75) is 6.92 Å². The average molecular weight is 287 g/mol. The lowest BCUT2D eigenvalue weighted by Crippen LogP contribution is -2.23. The predicted octanol–water partition coefficient (Wildman–Crippen LogP) is 3.45. The van der Waals surface area contributed by atoms with Crippen molar-refractivity contribution in [2.75, 3.05) is 5.32 Å². The van der Waals surface area contributed by atoms with E-state index in [0.717, 1.165) is 16.8 Å². The molecule has 0 heterocycles. The van der Waals surface area contributed by atoms with Gasteiger partial charge >= 0.3 is 0 Å². The van der Waals surface area contributed by atoms with Crippen LogP contribution in [0, 0.1) is 12.7 Å². The Morgan fingerprint density at radius 2 is 1.95 bits per heavy atom. The molecule has 0 aliphatic carbocycles. The van der Waals surface area contributed by atoms with E-state index in [0.29, 0.717) is 5.11 Å². The smallest absolute Gasteiger partial charge is 0.191 e. The Balaban J connectivity index is 1.87. The topological polar surface area (TPSA) is 36.4 Å². The van der Waals surface area contributed by atoms with Crippen LogP contribution in [0.3, 0.4) is 0 Å². The van der Waals surface area contributed by atoms with Crippen LogP contribution in [0.5, 0.6) is 0 Å². The highest BCUT2D eigenvalue weighted by Crippen LogP contribution is 2.09. The molecule has 102 valence electrons. The zero-order chi connectivity index (χ0) is 14.4. The van der Waals surface area contributed by atoms with Crippen molar-refractivity contribution in [3.05, 3.63) is 65.5 Å². The molecule has 0 fully saturated rings. The number of nitrogens with one attached hydrogen (secondary N) is 2. The number of rotatable bonds is 3. The Hall–Kier alpha value is -2.27. The van der Waals surface area contributed by atoms with E-state index in [1.165, 1.54) is 12.1 Å². The molecule has 0 unspecified atom stereocenters. The van der Waals surface area contributed by atoms with Gasteiger partial charge in [-0.15, -0.1) is 0 Å². The molecule has 3 nitrogen and oxygen atoms in total. The maximum Gasteiger partial charge on any atom is 0.191 e. The van der Waals surface area contributed by atoms with Crippen molar-refractivity contribution in [2.24, 2.45) is 5.10 Å². The maximum atomic E-state index is 12.7. The second kappa shape index (κ2) is 6.77. The number of anilines is 1. The van der Waals surface area contributed by atoms with Crippen molar-refractivity contribution in [3.8, 4) is 0 Å². The first kappa shape index (κ1) is 14.1. The monoisotopic (exact) mass is 287 g/mol. The number of benzene rings is 2. The lowest BCUT2D eigenvalue weighted by Gasteiger charge is -2.07. The fourth-order valence-corrected chi connectivity index (χ4v) is 1.77. The van der Waals surface area contributed by atoms with Gasteiger partial charge in [0.2, 0.25) is 0 Å². The number of halogens is 1. The molecule has 0 aliphatic heterocycles. The van der Waals surface area contributed by atoms with Crippen molar-refractivity contribution in [3.63, 3.8) is 0 Å². The van der Waals surface area contributed by atoms with Crippen LogP contribution in [-0.2, 0) is 0 Å². The van der Waals surface area contributed by atoms with E-state index in [-0.39, 0.29) is 5.82 Å². The molecule has 20 heavy (non-hydrogen) atoms. The standard InChI is InChI=1S/C15H14FN3S/c1-11-3-2-4-14(9-11)18-15(20)19-17-10-12-5-7-13(16)8-6-12/h2-10H,1H3,(H2,18,19,20). The van der Waals surface area contributed by atoms with E-state index < -0.39 is 0 Å². The zero-order valence-corrected chi connectivity index (χ0v) is 11.7. The molecule has 0 bridgehead atoms. The van der Waals surface area contributed by atoms with Gasteiger partial charge < -0.3 is 5.32 Å². The highest BCUT2D eigenvalue weighted by Gasteiger charge is 1.96. The lowest BCUT2D eigenvalue weighted by molar-refractivity contribution is 0.628. The fraction of sp³-hybridized carbons (Fsp3) is 0.0667. The quantitative estimate of drug-likeness (QED) is 0.516. The minimum atomic E-state index is -0.272. The molecule has 0 aliphatic rings. The second-order valence-corrected chi connectivity index (χ2v) is 4.65. The molecule has 0 spiro atoms. The average Bonchev–Trinajstić information content (AvgIpc) is 2.41. The summed E-state index contributed by atoms with van der Waals surface area (Å²) in [4.78, 5) is 0. The maximum absolute atomic E-state index is 12.7. The first-order valence-corrected chi connectivity index (χ1v) is 6.46. The number of hydrogen-bond acceptors (Lipinski definition) is 2. The molecule has 2 aromatic rings. The van der Waals surface area contributed by atoms with Crippen molar-refractivity contribution in [1.29, 1.82) is 0 Å². The van der Waals surface area contributed by atoms with Crippen LogP contribution in [-0.4, -0.2) is 11.3 Å². The van der Waals surface area contributed by atoms with Gasteiger partial charge in [-0.25, -0.2) is 4.39 Å². The van der Waals surface area contributed by atoms with Gasteiger partial charge in [0.15, 0.2) is 5.11 Å². The molecule has 0 atom stereocenters. The predicted molar refractivity (Wildman–Crippen MR) is 84.5 cm³/mol. The molecule has 2 rings (SSSR count). The molecule has 2 aromatic carbocycles. The first-order chi connectivity index (χ1) is 9.63. The van der Waals surface area contributed by atoms with Gasteiger partial charge in [0.25, 0.3) is 0 Å². The van der Waals surface area contributed by atoms with E-state index in [1.807, 2.05) is 31.2 Å². The SMILES string of the molecule is Cc1cccc(NC(=S)NN=Cc2ccc(F)cc2)c1. The van der Waals surface area contributed by atoms with Crippen LogP contribution in [0.25, 0.3) is 0 Å². The molecule has 2 N–H and O–H groups in total. The minimum Gasteiger partial charge on any atom is -0.331 e. The number of hydrogen-bond donors (Lipinski definition) is 2. The van der Waals surface area contributed by atoms with E-state index in [1.54, 1.807) is 18.3 Å². The molecular formula is C15H14FN3S. The van der Waals surface area contributed by atoms with Crippen molar-refractivity contribution >= 4 is 29.2 Å². The molecule has 0 aromatic heterocycles. The summed E-state index contributed by atoms with van der Waals surface area (Å²) in [6.45, 7) is 2.01. The highest BCUT2D eigenvalue weighted by molar-refractivity contribution is 7.80. The van der Waals surface area contributed by atoms with Crippen LogP contribution >= 0.6 is 12.2 Å². The third-order valence-electron chi connectivity index (χ3n) is 2.53. The zero-order valence-electron chi connectivity index (χ0n) is 10.9. The molecule has 0 amide bonds. The summed E-state index contributed by atoms with van der Waals surface area (Å²) < 4.78 is 12.7. The van der Waals surface area contributed by atoms with Gasteiger partial charge in [0.05, 0.1) is 6.21 Å². The van der Waals surface area contributed by atoms with Crippen LogP contribution in [0.1, 0.15) is 11.1 Å². The minimum absolute atomic E-state index is 0.272. The molecule has 0 radical (unpaired) electrons. The van der Waals surface area contributed by atoms with E-state index >= 15 is 0 Å². The van der Waals surface area contributed by atoms with Crippen LogP contribution in [0.4, 0.5) is 10.1 Å². The van der Waals surface area contributed by atoms with E-state index in [4.69, 9.17) is 12.2 Å². The summed E-state index contributed by atoms with van der Waals surface area (Å²) in [5.74, 6) is -0.272. The van der Waals surface area contributed by atoms with E-state index in [9.17, 15) is 4.39 Å². The van der Waals surface area contributed by atoms with Gasteiger partial charge in [0, 0.05) is 5.69 Å². The number of aryl methyl sites for hydroxylation is 1. The summed E-state index contributed by atoms with van der Waals surface area (Å²) in [5.41, 5.74) is 5.55. The molecule has 0 saturated heterocycles. The van der Waals surface area contributed by atoms with Gasteiger partial charge in [0.1, 0.15) is 5.82 Å². The van der Waals surface area contributed by atoms with Gasteiger partial charge in [-0.1, -0.05) is 24.3 Å². The van der Waals surface area contributed by atoms with Crippen molar-refractivity contribution < 1.29 is 4.39 Å². The Kier molecular flexibility index (Phi) is 4.79. The highest BCUT2D eigenvalue weighted by atomic mass is 32.1. The normalized spacial score (nSPS) is 10.5. The van der Waals surface area contributed by atoms with Crippen LogP contribution in [0.2, 0.25) is 0 Å². The molecule has 0 saturated carbocycles. The number of thiocarbonyl (C=S) groups is 1. The lowest BCUT2D eigenvalue weighted by atomic mass is 10.2. The fourth-order valence-electron chi connectivity index (χ4n) is 1.60. The third kappa shape index (κ3) is 4.44. The molecular weight excluding hydrogens is 273 g/mol. The Morgan fingerprint density at radius 3 is 2.65 bits per heavy atom. The van der Waals surface area contributed by atoms with Crippen LogP contribution in [0.15, 0.2) is 53.6 Å². The largest absolute Gasteiger partial charge is 0.331 e. The van der Waals surface area contributed by atoms with Gasteiger partial charge in [-0.05, 0) is 54.5 Å². The summed E-state index contributed by atoms with van der Waals surface area (Å²) in [5, 5.41) is 7.41. The summed E-state index contributed by atoms with van der Waals surface area (Å²) in [6, 6.07) is 13.9. The Bertz CT molecular complexity index is 623. The second-order valence-electron chi connectivity index (χ2n) is 4.25. The van der Waals surface area contributed by atoms with Gasteiger partial charge in [-0.2, -0.15) is 5.10 Å². The van der Waals surface area contributed by atoms with Crippen molar-refractivity contribution in [1.82, 2.24) is 5.43 Å². The van der Waals surface area contributed by atoms with E-state index in [2.05, 4.69) is 15.8 Å². The summed E-state index contributed by atoms with van der Waals surface area (Å²) >= 11 is 5.12. The number of nitrogens with zero attached hydrogens (tertiary/aromatic N) is 1. The first-order valence-electron chi connectivity index (χ1n) is 6.06. The summed E-state index contributed by atoms with van der Waals surface area (Å²) in [6.07, 6.45) is 1.57. The third-order valence-corrected chi connectivity index (χ3v) is 2.72. The molecule has 5 heteroatoms.